The maximum Gasteiger partial charge on any atom is 0.247 e. The topological polar surface area (TPSA) is 86.6 Å². The van der Waals surface area contributed by atoms with Gasteiger partial charge in [0.05, 0.1) is 14.2 Å². The molecule has 0 N–H and O–H groups in total. The van der Waals surface area contributed by atoms with Gasteiger partial charge in [0.1, 0.15) is 28.5 Å². The molecule has 1 unspecified atom stereocenters. The Morgan fingerprint density at radius 1 is 1.26 bits per heavy atom. The summed E-state index contributed by atoms with van der Waals surface area (Å²) in [6, 6.07) is 4.78. The van der Waals surface area contributed by atoms with Gasteiger partial charge in [-0.3, -0.25) is 0 Å². The average molecular weight is 394 g/mol. The lowest BCUT2D eigenvalue weighted by Crippen LogP contribution is -2.36. The standard InChI is InChI=1S/C18H26N4O4S/c1-4-21-13-19-20-18(21)10-7-14-6-5-11-22(14)27(23,24)17-12-15(25-2)8-9-16(17)26-3/h8-9,12-14H,4-7,10-11H2,1-3H3. The Labute approximate surface area is 160 Å². The van der Waals surface area contributed by atoms with E-state index in [4.69, 9.17) is 9.47 Å². The summed E-state index contributed by atoms with van der Waals surface area (Å²) in [6.45, 7) is 3.35. The highest BCUT2D eigenvalue weighted by Gasteiger charge is 2.37. The van der Waals surface area contributed by atoms with Crippen LogP contribution in [0.25, 0.3) is 0 Å². The minimum absolute atomic E-state index is 0.0621. The Morgan fingerprint density at radius 2 is 2.07 bits per heavy atom. The molecule has 1 saturated heterocycles. The first-order chi connectivity index (χ1) is 13.0. The fraction of sp³-hybridized carbons (Fsp3) is 0.556. The third-order valence-corrected chi connectivity index (χ3v) is 6.99. The van der Waals surface area contributed by atoms with Gasteiger partial charge in [-0.25, -0.2) is 8.42 Å². The van der Waals surface area contributed by atoms with Crippen molar-refractivity contribution in [1.82, 2.24) is 19.1 Å². The van der Waals surface area contributed by atoms with Crippen LogP contribution in [-0.4, -0.2) is 54.3 Å². The molecule has 2 aromatic rings. The second-order valence-electron chi connectivity index (χ2n) is 6.50. The molecule has 148 valence electrons. The minimum Gasteiger partial charge on any atom is -0.497 e. The lowest BCUT2D eigenvalue weighted by atomic mass is 10.1. The van der Waals surface area contributed by atoms with E-state index < -0.39 is 10.0 Å². The highest BCUT2D eigenvalue weighted by Crippen LogP contribution is 2.35. The first-order valence-corrected chi connectivity index (χ1v) is 10.6. The molecule has 1 aliphatic heterocycles. The van der Waals surface area contributed by atoms with Crippen molar-refractivity contribution in [1.29, 1.82) is 0 Å². The van der Waals surface area contributed by atoms with E-state index in [0.29, 0.717) is 30.9 Å². The van der Waals surface area contributed by atoms with Gasteiger partial charge in [-0.2, -0.15) is 4.31 Å². The number of rotatable bonds is 8. The summed E-state index contributed by atoms with van der Waals surface area (Å²) in [5.41, 5.74) is 0. The lowest BCUT2D eigenvalue weighted by Gasteiger charge is -2.25. The Bertz CT molecular complexity index is 881. The molecule has 1 aliphatic rings. The molecule has 0 spiro atoms. The van der Waals surface area contributed by atoms with Crippen LogP contribution >= 0.6 is 0 Å². The van der Waals surface area contributed by atoms with Crippen LogP contribution in [0.1, 0.15) is 32.0 Å². The number of aromatic nitrogens is 3. The molecule has 0 aliphatic carbocycles. The summed E-state index contributed by atoms with van der Waals surface area (Å²) in [5.74, 6) is 1.70. The number of aryl methyl sites for hydroxylation is 2. The molecule has 9 heteroatoms. The molecule has 8 nitrogen and oxygen atoms in total. The largest absolute Gasteiger partial charge is 0.497 e. The Balaban J connectivity index is 1.83. The molecule has 2 heterocycles. The SMILES string of the molecule is CCn1cnnc1CCC1CCCN1S(=O)(=O)c1cc(OC)ccc1OC. The maximum atomic E-state index is 13.3. The molecule has 0 radical (unpaired) electrons. The molecule has 3 rings (SSSR count). The summed E-state index contributed by atoms with van der Waals surface area (Å²) in [7, 11) is -0.698. The van der Waals surface area contributed by atoms with Crippen LogP contribution < -0.4 is 9.47 Å². The monoisotopic (exact) mass is 394 g/mol. The van der Waals surface area contributed by atoms with Gasteiger partial charge in [0.15, 0.2) is 0 Å². The van der Waals surface area contributed by atoms with Crippen molar-refractivity contribution in [3.63, 3.8) is 0 Å². The van der Waals surface area contributed by atoms with Crippen LogP contribution in [0.2, 0.25) is 0 Å². The Hall–Kier alpha value is -2.13. The maximum absolute atomic E-state index is 13.3. The molecule has 0 amide bonds. The fourth-order valence-electron chi connectivity index (χ4n) is 3.56. The van der Waals surface area contributed by atoms with Gasteiger partial charge in [-0.1, -0.05) is 0 Å². The molecular formula is C18H26N4O4S. The smallest absolute Gasteiger partial charge is 0.247 e. The molecule has 1 aromatic carbocycles. The van der Waals surface area contributed by atoms with Crippen molar-refractivity contribution in [2.45, 2.75) is 50.1 Å². The van der Waals surface area contributed by atoms with Crippen molar-refractivity contribution in [3.8, 4) is 11.5 Å². The van der Waals surface area contributed by atoms with Crippen molar-refractivity contribution >= 4 is 10.0 Å². The van der Waals surface area contributed by atoms with Crippen molar-refractivity contribution < 1.29 is 17.9 Å². The average Bonchev–Trinajstić information content (AvgIpc) is 3.34. The first-order valence-electron chi connectivity index (χ1n) is 9.11. The van der Waals surface area contributed by atoms with Crippen LogP contribution in [0.3, 0.4) is 0 Å². The van der Waals surface area contributed by atoms with Gasteiger partial charge >= 0.3 is 0 Å². The quantitative estimate of drug-likeness (QED) is 0.681. The van der Waals surface area contributed by atoms with Crippen molar-refractivity contribution in [2.75, 3.05) is 20.8 Å². The lowest BCUT2D eigenvalue weighted by molar-refractivity contribution is 0.359. The number of ether oxygens (including phenoxy) is 2. The number of benzene rings is 1. The fourth-order valence-corrected chi connectivity index (χ4v) is 5.45. The third kappa shape index (κ3) is 3.93. The predicted molar refractivity (Wildman–Crippen MR) is 100 cm³/mol. The number of nitrogens with zero attached hydrogens (tertiary/aromatic N) is 4. The van der Waals surface area contributed by atoms with E-state index in [-0.39, 0.29) is 10.9 Å². The van der Waals surface area contributed by atoms with E-state index in [0.717, 1.165) is 25.2 Å². The number of methoxy groups -OCH3 is 2. The zero-order valence-electron chi connectivity index (χ0n) is 16.0. The van der Waals surface area contributed by atoms with E-state index in [1.54, 1.807) is 22.8 Å². The van der Waals surface area contributed by atoms with Gasteiger partial charge in [-0.15, -0.1) is 10.2 Å². The molecule has 1 fully saturated rings. The zero-order valence-corrected chi connectivity index (χ0v) is 16.8. The van der Waals surface area contributed by atoms with E-state index in [1.807, 2.05) is 11.5 Å². The second kappa shape index (κ2) is 8.26. The summed E-state index contributed by atoms with van der Waals surface area (Å²) in [6.07, 6.45) is 4.80. The number of hydrogen-bond donors (Lipinski definition) is 0. The van der Waals surface area contributed by atoms with Gasteiger partial charge in [0.25, 0.3) is 0 Å². The van der Waals surface area contributed by atoms with E-state index in [2.05, 4.69) is 10.2 Å². The number of sulfonamides is 1. The van der Waals surface area contributed by atoms with Crippen LogP contribution in [0.15, 0.2) is 29.4 Å². The molecular weight excluding hydrogens is 368 g/mol. The molecule has 1 atom stereocenters. The Kier molecular flexibility index (Phi) is 6.01. The zero-order chi connectivity index (χ0) is 19.4. The van der Waals surface area contributed by atoms with E-state index in [9.17, 15) is 8.42 Å². The first kappa shape index (κ1) is 19.6. The summed E-state index contributed by atoms with van der Waals surface area (Å²) < 4.78 is 40.7. The highest BCUT2D eigenvalue weighted by molar-refractivity contribution is 7.89. The highest BCUT2D eigenvalue weighted by atomic mass is 32.2. The van der Waals surface area contributed by atoms with E-state index in [1.165, 1.54) is 20.3 Å². The number of hydrogen-bond acceptors (Lipinski definition) is 6. The van der Waals surface area contributed by atoms with Gasteiger partial charge in [0, 0.05) is 31.6 Å². The van der Waals surface area contributed by atoms with Crippen molar-refractivity contribution in [2.24, 2.45) is 0 Å². The summed E-state index contributed by atoms with van der Waals surface area (Å²) in [4.78, 5) is 0.146. The van der Waals surface area contributed by atoms with Crippen LogP contribution in [0.4, 0.5) is 0 Å². The third-order valence-electron chi connectivity index (χ3n) is 5.02. The van der Waals surface area contributed by atoms with Crippen LogP contribution in [0, 0.1) is 0 Å². The van der Waals surface area contributed by atoms with E-state index >= 15 is 0 Å². The summed E-state index contributed by atoms with van der Waals surface area (Å²) in [5, 5.41) is 8.10. The minimum atomic E-state index is -3.68. The Morgan fingerprint density at radius 3 is 2.78 bits per heavy atom. The molecule has 1 aromatic heterocycles. The van der Waals surface area contributed by atoms with Gasteiger partial charge in [-0.05, 0) is 38.3 Å². The van der Waals surface area contributed by atoms with Crippen molar-refractivity contribution in [3.05, 3.63) is 30.4 Å². The van der Waals surface area contributed by atoms with Gasteiger partial charge in [0.2, 0.25) is 10.0 Å². The van der Waals surface area contributed by atoms with Gasteiger partial charge < -0.3 is 14.0 Å². The molecule has 27 heavy (non-hydrogen) atoms. The predicted octanol–water partition coefficient (Wildman–Crippen LogP) is 2.10. The van der Waals surface area contributed by atoms with Crippen LogP contribution in [-0.2, 0) is 23.0 Å². The normalized spacial score (nSPS) is 18.0. The summed E-state index contributed by atoms with van der Waals surface area (Å²) >= 11 is 0. The van der Waals surface area contributed by atoms with Crippen LogP contribution in [0.5, 0.6) is 11.5 Å². The second-order valence-corrected chi connectivity index (χ2v) is 8.36. The molecule has 0 bridgehead atoms. The molecule has 0 saturated carbocycles.